The molecule has 1 aromatic heterocycles. The van der Waals surface area contributed by atoms with Crippen LogP contribution in [0.1, 0.15) is 28.7 Å². The Kier molecular flexibility index (Phi) is 2.26. The summed E-state index contributed by atoms with van der Waals surface area (Å²) in [5, 5.41) is 10.9. The van der Waals surface area contributed by atoms with Crippen molar-refractivity contribution in [2.75, 3.05) is 0 Å². The highest BCUT2D eigenvalue weighted by Crippen LogP contribution is 2.41. The second-order valence-corrected chi connectivity index (χ2v) is 4.76. The first kappa shape index (κ1) is 10.5. The van der Waals surface area contributed by atoms with E-state index in [1.165, 1.54) is 11.1 Å². The van der Waals surface area contributed by atoms with Crippen molar-refractivity contribution in [3.05, 3.63) is 65.0 Å². The second-order valence-electron chi connectivity index (χ2n) is 4.76. The Morgan fingerprint density at radius 1 is 1.29 bits per heavy atom. The molecule has 2 heteroatoms. The van der Waals surface area contributed by atoms with Gasteiger partial charge in [0.05, 0.1) is 0 Å². The SMILES string of the molecule is Cc1ccc2c(c1)C(O)(c1cccnc1)CC2. The Labute approximate surface area is 101 Å². The zero-order valence-electron chi connectivity index (χ0n) is 9.85. The second kappa shape index (κ2) is 3.67. The fourth-order valence-corrected chi connectivity index (χ4v) is 2.65. The minimum atomic E-state index is -0.852. The predicted molar refractivity (Wildman–Crippen MR) is 66.7 cm³/mol. The van der Waals surface area contributed by atoms with Crippen LogP contribution in [0.5, 0.6) is 0 Å². The number of pyridine rings is 1. The lowest BCUT2D eigenvalue weighted by molar-refractivity contribution is 0.0825. The first-order valence-corrected chi connectivity index (χ1v) is 5.93. The first-order chi connectivity index (χ1) is 8.20. The molecule has 1 heterocycles. The lowest BCUT2D eigenvalue weighted by atomic mass is 9.88. The summed E-state index contributed by atoms with van der Waals surface area (Å²) in [6, 6.07) is 10.1. The van der Waals surface area contributed by atoms with E-state index < -0.39 is 5.60 Å². The third-order valence-corrected chi connectivity index (χ3v) is 3.61. The van der Waals surface area contributed by atoms with Crippen molar-refractivity contribution in [3.63, 3.8) is 0 Å². The highest BCUT2D eigenvalue weighted by molar-refractivity contribution is 5.46. The average Bonchev–Trinajstić information content (AvgIpc) is 2.70. The van der Waals surface area contributed by atoms with E-state index in [9.17, 15) is 5.11 Å². The normalized spacial score (nSPS) is 22.5. The minimum Gasteiger partial charge on any atom is -0.380 e. The molecule has 1 aromatic carbocycles. The van der Waals surface area contributed by atoms with Gasteiger partial charge < -0.3 is 5.11 Å². The van der Waals surface area contributed by atoms with Crippen LogP contribution in [-0.4, -0.2) is 10.1 Å². The molecule has 1 aliphatic rings. The fraction of sp³-hybridized carbons (Fsp3) is 0.267. The quantitative estimate of drug-likeness (QED) is 0.809. The summed E-state index contributed by atoms with van der Waals surface area (Å²) >= 11 is 0. The molecule has 17 heavy (non-hydrogen) atoms. The molecule has 0 amide bonds. The molecule has 0 bridgehead atoms. The van der Waals surface area contributed by atoms with E-state index in [4.69, 9.17) is 0 Å². The molecule has 2 nitrogen and oxygen atoms in total. The van der Waals surface area contributed by atoms with Gasteiger partial charge in [-0.2, -0.15) is 0 Å². The highest BCUT2D eigenvalue weighted by Gasteiger charge is 2.38. The summed E-state index contributed by atoms with van der Waals surface area (Å²) in [5.41, 5.74) is 3.53. The van der Waals surface area contributed by atoms with E-state index in [-0.39, 0.29) is 0 Å². The summed E-state index contributed by atoms with van der Waals surface area (Å²) in [7, 11) is 0. The average molecular weight is 225 g/mol. The van der Waals surface area contributed by atoms with Crippen LogP contribution in [0.2, 0.25) is 0 Å². The van der Waals surface area contributed by atoms with E-state index in [0.29, 0.717) is 0 Å². The minimum absolute atomic E-state index is 0.748. The van der Waals surface area contributed by atoms with E-state index >= 15 is 0 Å². The molecule has 0 saturated carbocycles. The molecule has 3 rings (SSSR count). The molecule has 1 aliphatic carbocycles. The van der Waals surface area contributed by atoms with Crippen molar-refractivity contribution in [2.45, 2.75) is 25.4 Å². The van der Waals surface area contributed by atoms with Crippen LogP contribution < -0.4 is 0 Å². The summed E-state index contributed by atoms with van der Waals surface area (Å²) in [6.07, 6.45) is 5.18. The van der Waals surface area contributed by atoms with Crippen molar-refractivity contribution >= 4 is 0 Å². The van der Waals surface area contributed by atoms with Crippen molar-refractivity contribution in [1.29, 1.82) is 0 Å². The molecule has 1 N–H and O–H groups in total. The van der Waals surface area contributed by atoms with E-state index in [0.717, 1.165) is 24.0 Å². The Bertz CT molecular complexity index is 550. The number of benzene rings is 1. The molecule has 1 atom stereocenters. The maximum absolute atomic E-state index is 10.9. The van der Waals surface area contributed by atoms with E-state index in [1.807, 2.05) is 12.1 Å². The highest BCUT2D eigenvalue weighted by atomic mass is 16.3. The van der Waals surface area contributed by atoms with Crippen molar-refractivity contribution in [3.8, 4) is 0 Å². The summed E-state index contributed by atoms with van der Waals surface area (Å²) in [4.78, 5) is 4.11. The van der Waals surface area contributed by atoms with Crippen LogP contribution in [0.3, 0.4) is 0 Å². The number of rotatable bonds is 1. The van der Waals surface area contributed by atoms with Gasteiger partial charge >= 0.3 is 0 Å². The molecule has 86 valence electrons. The largest absolute Gasteiger partial charge is 0.380 e. The molecule has 0 fully saturated rings. The molecular formula is C15H15NO. The van der Waals surface area contributed by atoms with Crippen LogP contribution in [0, 0.1) is 6.92 Å². The molecule has 0 spiro atoms. The molecule has 0 saturated heterocycles. The van der Waals surface area contributed by atoms with Crippen molar-refractivity contribution < 1.29 is 5.11 Å². The van der Waals surface area contributed by atoms with Gasteiger partial charge in [-0.05, 0) is 37.0 Å². The summed E-state index contributed by atoms with van der Waals surface area (Å²) < 4.78 is 0. The molecule has 2 aromatic rings. The van der Waals surface area contributed by atoms with Gasteiger partial charge in [0.1, 0.15) is 5.60 Å². The number of aryl methyl sites for hydroxylation is 2. The maximum atomic E-state index is 10.9. The summed E-state index contributed by atoms with van der Waals surface area (Å²) in [6.45, 7) is 2.06. The predicted octanol–water partition coefficient (Wildman–Crippen LogP) is 2.57. The first-order valence-electron chi connectivity index (χ1n) is 5.93. The van der Waals surface area contributed by atoms with Gasteiger partial charge in [-0.25, -0.2) is 0 Å². The van der Waals surface area contributed by atoms with Gasteiger partial charge in [0.2, 0.25) is 0 Å². The molecule has 0 radical (unpaired) electrons. The third-order valence-electron chi connectivity index (χ3n) is 3.61. The molecule has 1 unspecified atom stereocenters. The number of hydrogen-bond donors (Lipinski definition) is 1. The van der Waals surface area contributed by atoms with E-state index in [2.05, 4.69) is 30.1 Å². The number of aromatic nitrogens is 1. The maximum Gasteiger partial charge on any atom is 0.117 e. The fourth-order valence-electron chi connectivity index (χ4n) is 2.65. The zero-order valence-corrected chi connectivity index (χ0v) is 9.85. The Morgan fingerprint density at radius 3 is 2.94 bits per heavy atom. The van der Waals surface area contributed by atoms with Crippen molar-refractivity contribution in [1.82, 2.24) is 4.98 Å². The van der Waals surface area contributed by atoms with Gasteiger partial charge in [0.15, 0.2) is 0 Å². The Morgan fingerprint density at radius 2 is 2.18 bits per heavy atom. The van der Waals surface area contributed by atoms with Crippen LogP contribution in [-0.2, 0) is 12.0 Å². The monoisotopic (exact) mass is 225 g/mol. The lowest BCUT2D eigenvalue weighted by Crippen LogP contribution is -2.24. The number of fused-ring (bicyclic) bond motifs is 1. The van der Waals surface area contributed by atoms with Gasteiger partial charge in [-0.15, -0.1) is 0 Å². The summed E-state index contributed by atoms with van der Waals surface area (Å²) in [5.74, 6) is 0. The third kappa shape index (κ3) is 1.56. The molecule has 0 aliphatic heterocycles. The van der Waals surface area contributed by atoms with Crippen LogP contribution in [0.25, 0.3) is 0 Å². The van der Waals surface area contributed by atoms with Crippen LogP contribution >= 0.6 is 0 Å². The number of hydrogen-bond acceptors (Lipinski definition) is 2. The Balaban J connectivity index is 2.16. The van der Waals surface area contributed by atoms with Gasteiger partial charge in [-0.1, -0.05) is 29.8 Å². The number of nitrogens with zero attached hydrogens (tertiary/aromatic N) is 1. The number of aliphatic hydroxyl groups is 1. The topological polar surface area (TPSA) is 33.1 Å². The van der Waals surface area contributed by atoms with Crippen LogP contribution in [0.4, 0.5) is 0 Å². The van der Waals surface area contributed by atoms with Crippen LogP contribution in [0.15, 0.2) is 42.7 Å². The smallest absolute Gasteiger partial charge is 0.117 e. The molecular weight excluding hydrogens is 210 g/mol. The van der Waals surface area contributed by atoms with Gasteiger partial charge in [-0.3, -0.25) is 4.98 Å². The Hall–Kier alpha value is -1.67. The standard InChI is InChI=1S/C15H15NO/c1-11-4-5-12-6-7-15(17,14(12)9-11)13-3-2-8-16-10-13/h2-5,8-10,17H,6-7H2,1H3. The van der Waals surface area contributed by atoms with Gasteiger partial charge in [0.25, 0.3) is 0 Å². The van der Waals surface area contributed by atoms with Crippen molar-refractivity contribution in [2.24, 2.45) is 0 Å². The zero-order chi connectivity index (χ0) is 11.9. The lowest BCUT2D eigenvalue weighted by Gasteiger charge is -2.24. The van der Waals surface area contributed by atoms with Gasteiger partial charge in [0, 0.05) is 18.0 Å². The van der Waals surface area contributed by atoms with E-state index in [1.54, 1.807) is 12.4 Å².